The number of nitrogens with zero attached hydrogens (tertiary/aromatic N) is 2. The molecule has 0 radical (unpaired) electrons. The van der Waals surface area contributed by atoms with Crippen molar-refractivity contribution in [2.75, 3.05) is 12.4 Å². The first kappa shape index (κ1) is 13.1. The highest BCUT2D eigenvalue weighted by Gasteiger charge is 2.04. The SMILES string of the molecule is CNc1ccc(Oc2cncc(OC(C)C)n2)cc1. The summed E-state index contributed by atoms with van der Waals surface area (Å²) in [4.78, 5) is 8.27. The second-order valence-electron chi connectivity index (χ2n) is 4.24. The van der Waals surface area contributed by atoms with E-state index in [0.717, 1.165) is 5.69 Å². The van der Waals surface area contributed by atoms with Gasteiger partial charge in [-0.2, -0.15) is 4.98 Å². The maximum absolute atomic E-state index is 5.62. The molecule has 2 rings (SSSR count). The summed E-state index contributed by atoms with van der Waals surface area (Å²) in [5.74, 6) is 1.57. The van der Waals surface area contributed by atoms with Crippen LogP contribution in [-0.2, 0) is 0 Å². The number of benzene rings is 1. The Balaban J connectivity index is 2.09. The molecule has 1 aromatic carbocycles. The van der Waals surface area contributed by atoms with E-state index in [1.807, 2.05) is 45.2 Å². The van der Waals surface area contributed by atoms with Crippen LogP contribution in [0.5, 0.6) is 17.5 Å². The molecule has 1 aromatic heterocycles. The standard InChI is InChI=1S/C14H17N3O2/c1-10(2)18-13-8-16-9-14(17-13)19-12-6-4-11(15-3)5-7-12/h4-10,15H,1-3H3. The largest absolute Gasteiger partial charge is 0.474 e. The van der Waals surface area contributed by atoms with Crippen LogP contribution in [0.2, 0.25) is 0 Å². The predicted octanol–water partition coefficient (Wildman–Crippen LogP) is 3.10. The Hall–Kier alpha value is -2.30. The third-order valence-corrected chi connectivity index (χ3v) is 2.31. The fourth-order valence-corrected chi connectivity index (χ4v) is 1.49. The van der Waals surface area contributed by atoms with Crippen molar-refractivity contribution < 1.29 is 9.47 Å². The number of hydrogen-bond acceptors (Lipinski definition) is 5. The van der Waals surface area contributed by atoms with Crippen molar-refractivity contribution in [1.82, 2.24) is 9.97 Å². The lowest BCUT2D eigenvalue weighted by molar-refractivity contribution is 0.229. The van der Waals surface area contributed by atoms with Gasteiger partial charge in [0.05, 0.1) is 18.5 Å². The fourth-order valence-electron chi connectivity index (χ4n) is 1.49. The highest BCUT2D eigenvalue weighted by atomic mass is 16.5. The number of hydrogen-bond donors (Lipinski definition) is 1. The Kier molecular flexibility index (Phi) is 4.18. The van der Waals surface area contributed by atoms with Gasteiger partial charge >= 0.3 is 0 Å². The molecule has 0 aliphatic heterocycles. The van der Waals surface area contributed by atoms with Crippen LogP contribution < -0.4 is 14.8 Å². The van der Waals surface area contributed by atoms with Gasteiger partial charge in [-0.3, -0.25) is 4.98 Å². The van der Waals surface area contributed by atoms with Crippen molar-refractivity contribution in [2.24, 2.45) is 0 Å². The third kappa shape index (κ3) is 3.84. The van der Waals surface area contributed by atoms with E-state index in [-0.39, 0.29) is 6.10 Å². The van der Waals surface area contributed by atoms with Gasteiger partial charge < -0.3 is 14.8 Å². The molecule has 0 bridgehead atoms. The summed E-state index contributed by atoms with van der Waals surface area (Å²) in [7, 11) is 1.87. The molecule has 1 N–H and O–H groups in total. The first-order valence-electron chi connectivity index (χ1n) is 6.12. The monoisotopic (exact) mass is 259 g/mol. The van der Waals surface area contributed by atoms with E-state index in [1.165, 1.54) is 0 Å². The zero-order chi connectivity index (χ0) is 13.7. The number of aromatic nitrogens is 2. The average molecular weight is 259 g/mol. The lowest BCUT2D eigenvalue weighted by Crippen LogP contribution is -2.07. The lowest BCUT2D eigenvalue weighted by Gasteiger charge is -2.10. The molecule has 0 spiro atoms. The van der Waals surface area contributed by atoms with E-state index in [4.69, 9.17) is 9.47 Å². The molecular weight excluding hydrogens is 242 g/mol. The molecule has 2 aromatic rings. The normalized spacial score (nSPS) is 10.3. The van der Waals surface area contributed by atoms with Crippen LogP contribution >= 0.6 is 0 Å². The summed E-state index contributed by atoms with van der Waals surface area (Å²) in [6.45, 7) is 3.87. The van der Waals surface area contributed by atoms with Crippen molar-refractivity contribution in [2.45, 2.75) is 20.0 Å². The molecule has 0 amide bonds. The minimum absolute atomic E-state index is 0.0551. The molecule has 0 unspecified atom stereocenters. The predicted molar refractivity (Wildman–Crippen MR) is 73.9 cm³/mol. The van der Waals surface area contributed by atoms with Crippen molar-refractivity contribution in [3.63, 3.8) is 0 Å². The van der Waals surface area contributed by atoms with Gasteiger partial charge in [0, 0.05) is 12.7 Å². The topological polar surface area (TPSA) is 56.3 Å². The maximum atomic E-state index is 5.62. The van der Waals surface area contributed by atoms with E-state index in [9.17, 15) is 0 Å². The van der Waals surface area contributed by atoms with Crippen LogP contribution in [0.15, 0.2) is 36.7 Å². The molecule has 0 aliphatic carbocycles. The maximum Gasteiger partial charge on any atom is 0.241 e. The van der Waals surface area contributed by atoms with Crippen LogP contribution in [0.4, 0.5) is 5.69 Å². The molecule has 5 nitrogen and oxygen atoms in total. The Morgan fingerprint density at radius 3 is 2.37 bits per heavy atom. The van der Waals surface area contributed by atoms with E-state index >= 15 is 0 Å². The van der Waals surface area contributed by atoms with Gasteiger partial charge in [0.25, 0.3) is 0 Å². The van der Waals surface area contributed by atoms with Gasteiger partial charge in [0.15, 0.2) is 0 Å². The Labute approximate surface area is 112 Å². The minimum atomic E-state index is 0.0551. The van der Waals surface area contributed by atoms with Gasteiger partial charge in [0.1, 0.15) is 5.75 Å². The summed E-state index contributed by atoms with van der Waals surface area (Å²) in [6, 6.07) is 7.58. The second kappa shape index (κ2) is 6.04. The van der Waals surface area contributed by atoms with Gasteiger partial charge in [-0.05, 0) is 38.1 Å². The van der Waals surface area contributed by atoms with Crippen LogP contribution in [0.25, 0.3) is 0 Å². The first-order chi connectivity index (χ1) is 9.17. The van der Waals surface area contributed by atoms with E-state index < -0.39 is 0 Å². The van der Waals surface area contributed by atoms with Gasteiger partial charge in [-0.15, -0.1) is 0 Å². The molecule has 1 heterocycles. The van der Waals surface area contributed by atoms with E-state index in [1.54, 1.807) is 12.4 Å². The van der Waals surface area contributed by atoms with Gasteiger partial charge in [-0.1, -0.05) is 0 Å². The quantitative estimate of drug-likeness (QED) is 0.894. The minimum Gasteiger partial charge on any atom is -0.474 e. The Morgan fingerprint density at radius 1 is 1.05 bits per heavy atom. The van der Waals surface area contributed by atoms with E-state index in [0.29, 0.717) is 17.5 Å². The van der Waals surface area contributed by atoms with Crippen molar-refractivity contribution in [1.29, 1.82) is 0 Å². The van der Waals surface area contributed by atoms with Crippen molar-refractivity contribution in [3.8, 4) is 17.5 Å². The summed E-state index contributed by atoms with van der Waals surface area (Å²) < 4.78 is 11.1. The van der Waals surface area contributed by atoms with Crippen molar-refractivity contribution in [3.05, 3.63) is 36.7 Å². The highest BCUT2D eigenvalue weighted by Crippen LogP contribution is 2.22. The number of rotatable bonds is 5. The summed E-state index contributed by atoms with van der Waals surface area (Å²) in [5, 5.41) is 3.05. The molecular formula is C14H17N3O2. The second-order valence-corrected chi connectivity index (χ2v) is 4.24. The third-order valence-electron chi connectivity index (χ3n) is 2.31. The summed E-state index contributed by atoms with van der Waals surface area (Å²) in [6.07, 6.45) is 3.18. The zero-order valence-corrected chi connectivity index (χ0v) is 11.3. The molecule has 19 heavy (non-hydrogen) atoms. The van der Waals surface area contributed by atoms with Crippen LogP contribution in [-0.4, -0.2) is 23.1 Å². The molecule has 0 fully saturated rings. The average Bonchev–Trinajstić information content (AvgIpc) is 2.39. The fraction of sp³-hybridized carbons (Fsp3) is 0.286. The Morgan fingerprint density at radius 2 is 1.74 bits per heavy atom. The summed E-state index contributed by atoms with van der Waals surface area (Å²) in [5.41, 5.74) is 1.02. The van der Waals surface area contributed by atoms with Gasteiger partial charge in [-0.25, -0.2) is 0 Å². The number of ether oxygens (including phenoxy) is 2. The molecule has 5 heteroatoms. The first-order valence-corrected chi connectivity index (χ1v) is 6.12. The highest BCUT2D eigenvalue weighted by molar-refractivity contribution is 5.46. The smallest absolute Gasteiger partial charge is 0.241 e. The number of nitrogens with one attached hydrogen (secondary N) is 1. The van der Waals surface area contributed by atoms with Gasteiger partial charge in [0.2, 0.25) is 11.8 Å². The molecule has 100 valence electrons. The van der Waals surface area contributed by atoms with E-state index in [2.05, 4.69) is 15.3 Å². The zero-order valence-electron chi connectivity index (χ0n) is 11.3. The molecule has 0 atom stereocenters. The summed E-state index contributed by atoms with van der Waals surface area (Å²) >= 11 is 0. The van der Waals surface area contributed by atoms with Crippen LogP contribution in [0.3, 0.4) is 0 Å². The molecule has 0 aliphatic rings. The Bertz CT molecular complexity index is 526. The van der Waals surface area contributed by atoms with Crippen molar-refractivity contribution >= 4 is 5.69 Å². The number of anilines is 1. The molecule has 0 saturated heterocycles. The molecule has 0 saturated carbocycles. The van der Waals surface area contributed by atoms with Crippen LogP contribution in [0.1, 0.15) is 13.8 Å². The lowest BCUT2D eigenvalue weighted by atomic mass is 10.3. The van der Waals surface area contributed by atoms with Crippen LogP contribution in [0, 0.1) is 0 Å².